The smallest absolute Gasteiger partial charge is 0.293 e. The second-order valence-corrected chi connectivity index (χ2v) is 8.44. The molecule has 1 saturated carbocycles. The minimum Gasteiger partial charge on any atom is -0.379 e. The van der Waals surface area contributed by atoms with Crippen LogP contribution in [0.4, 0.5) is 11.4 Å². The molecule has 0 bridgehead atoms. The number of benzene rings is 1. The van der Waals surface area contributed by atoms with Gasteiger partial charge in [0.2, 0.25) is 10.0 Å². The molecule has 1 aromatic rings. The van der Waals surface area contributed by atoms with Gasteiger partial charge in [0.05, 0.1) is 9.82 Å². The lowest BCUT2D eigenvalue weighted by molar-refractivity contribution is -0.384. The number of nitrogens with one attached hydrogen (secondary N) is 2. The minimum atomic E-state index is -3.77. The highest BCUT2D eigenvalue weighted by Crippen LogP contribution is 2.30. The van der Waals surface area contributed by atoms with Gasteiger partial charge < -0.3 is 10.2 Å². The maximum absolute atomic E-state index is 12.3. The van der Waals surface area contributed by atoms with Crippen LogP contribution in [0.15, 0.2) is 23.1 Å². The van der Waals surface area contributed by atoms with Crippen molar-refractivity contribution < 1.29 is 13.3 Å². The molecule has 2 rings (SSSR count). The minimum absolute atomic E-state index is 0.0932. The highest BCUT2D eigenvalue weighted by molar-refractivity contribution is 7.89. The number of hydrogen-bond acceptors (Lipinski definition) is 6. The SMILES string of the molecule is CN(C)CCNS(=O)(=O)c1ccc(NCC2CCCC2)c([N+](=O)[O-])c1. The average Bonchev–Trinajstić information content (AvgIpc) is 3.05. The van der Waals surface area contributed by atoms with Crippen LogP contribution in [0.5, 0.6) is 0 Å². The quantitative estimate of drug-likeness (QED) is 0.509. The molecule has 0 spiro atoms. The lowest BCUT2D eigenvalue weighted by Gasteiger charge is -2.14. The third-order valence-electron chi connectivity index (χ3n) is 4.38. The van der Waals surface area contributed by atoms with Gasteiger partial charge in [0.1, 0.15) is 5.69 Å². The number of sulfonamides is 1. The number of likely N-dealkylation sites (N-methyl/N-ethyl adjacent to an activating group) is 1. The van der Waals surface area contributed by atoms with Crippen LogP contribution in [-0.4, -0.2) is 52.0 Å². The summed E-state index contributed by atoms with van der Waals surface area (Å²) in [5.41, 5.74) is 0.151. The van der Waals surface area contributed by atoms with E-state index in [0.717, 1.165) is 18.9 Å². The molecule has 9 heteroatoms. The van der Waals surface area contributed by atoms with E-state index >= 15 is 0 Å². The van der Waals surface area contributed by atoms with Crippen molar-refractivity contribution in [2.24, 2.45) is 5.92 Å². The first-order valence-electron chi connectivity index (χ1n) is 8.46. The van der Waals surface area contributed by atoms with E-state index < -0.39 is 14.9 Å². The van der Waals surface area contributed by atoms with Crippen molar-refractivity contribution in [3.63, 3.8) is 0 Å². The molecule has 1 aliphatic rings. The van der Waals surface area contributed by atoms with E-state index in [4.69, 9.17) is 0 Å². The number of anilines is 1. The first kappa shape index (κ1) is 19.6. The fraction of sp³-hybridized carbons (Fsp3) is 0.625. The number of hydrogen-bond donors (Lipinski definition) is 2. The molecule has 0 saturated heterocycles. The van der Waals surface area contributed by atoms with E-state index in [1.807, 2.05) is 19.0 Å². The third kappa shape index (κ3) is 5.65. The summed E-state index contributed by atoms with van der Waals surface area (Å²) in [4.78, 5) is 12.6. The van der Waals surface area contributed by atoms with Gasteiger partial charge in [-0.05, 0) is 45.0 Å². The van der Waals surface area contributed by atoms with Crippen LogP contribution in [-0.2, 0) is 10.0 Å². The van der Waals surface area contributed by atoms with Crippen LogP contribution in [0.25, 0.3) is 0 Å². The maximum atomic E-state index is 12.3. The summed E-state index contributed by atoms with van der Waals surface area (Å²) in [7, 11) is -0.0937. The molecule has 1 fully saturated rings. The Labute approximate surface area is 148 Å². The maximum Gasteiger partial charge on any atom is 0.293 e. The number of nitrogens with zero attached hydrogens (tertiary/aromatic N) is 2. The Morgan fingerprint density at radius 2 is 1.96 bits per heavy atom. The summed E-state index contributed by atoms with van der Waals surface area (Å²) in [6, 6.07) is 4.00. The largest absolute Gasteiger partial charge is 0.379 e. The predicted molar refractivity (Wildman–Crippen MR) is 97.3 cm³/mol. The Kier molecular flexibility index (Phi) is 6.74. The molecular weight excluding hydrogens is 344 g/mol. The monoisotopic (exact) mass is 370 g/mol. The van der Waals surface area contributed by atoms with Crippen molar-refractivity contribution in [1.29, 1.82) is 0 Å². The summed E-state index contributed by atoms with van der Waals surface area (Å²) >= 11 is 0. The van der Waals surface area contributed by atoms with Gasteiger partial charge in [-0.3, -0.25) is 10.1 Å². The lowest BCUT2D eigenvalue weighted by atomic mass is 10.1. The molecule has 0 unspecified atom stereocenters. The first-order chi connectivity index (χ1) is 11.8. The number of nitro groups is 1. The van der Waals surface area contributed by atoms with Crippen LogP contribution >= 0.6 is 0 Å². The molecule has 0 aromatic heterocycles. The Morgan fingerprint density at radius 1 is 1.28 bits per heavy atom. The zero-order valence-electron chi connectivity index (χ0n) is 14.7. The Bertz CT molecular complexity index is 700. The molecule has 0 amide bonds. The van der Waals surface area contributed by atoms with Crippen molar-refractivity contribution in [3.8, 4) is 0 Å². The predicted octanol–water partition coefficient (Wildman–Crippen LogP) is 2.04. The molecule has 2 N–H and O–H groups in total. The molecule has 140 valence electrons. The van der Waals surface area contributed by atoms with E-state index in [9.17, 15) is 18.5 Å². The highest BCUT2D eigenvalue weighted by atomic mass is 32.2. The molecule has 0 atom stereocenters. The summed E-state index contributed by atoms with van der Waals surface area (Å²) in [6.07, 6.45) is 4.65. The van der Waals surface area contributed by atoms with Crippen molar-refractivity contribution in [1.82, 2.24) is 9.62 Å². The van der Waals surface area contributed by atoms with Gasteiger partial charge in [-0.25, -0.2) is 13.1 Å². The summed E-state index contributed by atoms with van der Waals surface area (Å²) in [5, 5.41) is 14.5. The molecule has 1 aliphatic carbocycles. The Morgan fingerprint density at radius 3 is 2.56 bits per heavy atom. The van der Waals surface area contributed by atoms with Crippen LogP contribution in [0, 0.1) is 16.0 Å². The summed E-state index contributed by atoms with van der Waals surface area (Å²) in [6.45, 7) is 1.46. The van der Waals surface area contributed by atoms with Crippen molar-refractivity contribution in [2.45, 2.75) is 30.6 Å². The van der Waals surface area contributed by atoms with Gasteiger partial charge in [0.15, 0.2) is 0 Å². The van der Waals surface area contributed by atoms with Crippen LogP contribution in [0.2, 0.25) is 0 Å². The molecular formula is C16H26N4O4S. The standard InChI is InChI=1S/C16H26N4O4S/c1-19(2)10-9-18-25(23,24)14-7-8-15(16(11-14)20(21)22)17-12-13-5-3-4-6-13/h7-8,11,13,17-18H,3-6,9-10,12H2,1-2H3. The van der Waals surface area contributed by atoms with Crippen LogP contribution in [0.1, 0.15) is 25.7 Å². The normalized spacial score (nSPS) is 15.6. The van der Waals surface area contributed by atoms with Crippen LogP contribution in [0.3, 0.4) is 0 Å². The molecule has 0 heterocycles. The Balaban J connectivity index is 2.12. The van der Waals surface area contributed by atoms with Crippen molar-refractivity contribution in [3.05, 3.63) is 28.3 Å². The fourth-order valence-electron chi connectivity index (χ4n) is 2.93. The average molecular weight is 370 g/mol. The van der Waals surface area contributed by atoms with E-state index in [0.29, 0.717) is 24.7 Å². The highest BCUT2D eigenvalue weighted by Gasteiger charge is 2.22. The van der Waals surface area contributed by atoms with Gasteiger partial charge in [0, 0.05) is 25.7 Å². The second-order valence-electron chi connectivity index (χ2n) is 6.67. The number of rotatable bonds is 9. The molecule has 0 radical (unpaired) electrons. The van der Waals surface area contributed by atoms with Gasteiger partial charge in [-0.15, -0.1) is 0 Å². The number of nitro benzene ring substituents is 1. The van der Waals surface area contributed by atoms with E-state index in [1.165, 1.54) is 25.0 Å². The molecule has 25 heavy (non-hydrogen) atoms. The molecule has 1 aromatic carbocycles. The zero-order chi connectivity index (χ0) is 18.4. The lowest BCUT2D eigenvalue weighted by Crippen LogP contribution is -2.31. The topological polar surface area (TPSA) is 105 Å². The van der Waals surface area contributed by atoms with Gasteiger partial charge in [0.25, 0.3) is 5.69 Å². The molecule has 8 nitrogen and oxygen atoms in total. The van der Waals surface area contributed by atoms with E-state index in [-0.39, 0.29) is 17.1 Å². The van der Waals surface area contributed by atoms with Crippen molar-refractivity contribution >= 4 is 21.4 Å². The second kappa shape index (κ2) is 8.59. The van der Waals surface area contributed by atoms with Gasteiger partial charge in [-0.2, -0.15) is 0 Å². The van der Waals surface area contributed by atoms with Crippen molar-refractivity contribution in [2.75, 3.05) is 39.0 Å². The van der Waals surface area contributed by atoms with Gasteiger partial charge in [-0.1, -0.05) is 12.8 Å². The molecule has 0 aliphatic heterocycles. The van der Waals surface area contributed by atoms with Gasteiger partial charge >= 0.3 is 0 Å². The van der Waals surface area contributed by atoms with E-state index in [1.54, 1.807) is 0 Å². The summed E-state index contributed by atoms with van der Waals surface area (Å²) < 4.78 is 27.0. The van der Waals surface area contributed by atoms with Crippen LogP contribution < -0.4 is 10.0 Å². The zero-order valence-corrected chi connectivity index (χ0v) is 15.5. The van der Waals surface area contributed by atoms with E-state index in [2.05, 4.69) is 10.0 Å². The third-order valence-corrected chi connectivity index (χ3v) is 5.84. The Hall–Kier alpha value is -1.71. The fourth-order valence-corrected chi connectivity index (χ4v) is 3.98. The first-order valence-corrected chi connectivity index (χ1v) is 9.94. The summed E-state index contributed by atoms with van der Waals surface area (Å²) in [5.74, 6) is 0.524.